The summed E-state index contributed by atoms with van der Waals surface area (Å²) in [5.74, 6) is 0.885. The van der Waals surface area contributed by atoms with Crippen LogP contribution in [0.1, 0.15) is 50.9 Å². The summed E-state index contributed by atoms with van der Waals surface area (Å²) < 4.78 is 13.6. The van der Waals surface area contributed by atoms with E-state index in [1.54, 1.807) is 0 Å². The normalized spacial score (nSPS) is 25.3. The molecule has 118 valence electrons. The van der Waals surface area contributed by atoms with Crippen LogP contribution in [0.3, 0.4) is 0 Å². The Kier molecular flexibility index (Phi) is 4.87. The molecular formula is C15H26N4O2. The number of hydrogen-bond donors (Lipinski definition) is 1. The van der Waals surface area contributed by atoms with Gasteiger partial charge in [0, 0.05) is 19.8 Å². The molecule has 2 aliphatic rings. The summed E-state index contributed by atoms with van der Waals surface area (Å²) >= 11 is 0. The molecule has 6 nitrogen and oxygen atoms in total. The van der Waals surface area contributed by atoms with Crippen LogP contribution in [0.2, 0.25) is 0 Å². The highest BCUT2D eigenvalue weighted by Crippen LogP contribution is 2.38. The number of rotatable bonds is 5. The van der Waals surface area contributed by atoms with Crippen molar-refractivity contribution in [3.05, 3.63) is 12.2 Å². The standard InChI is InChI=1S/C15H26N4O2/c1-2-6-16-11-14-17-12-19(18-14)13-3-7-21-15(10-13)4-8-20-9-5-15/h12-13,16H,2-11H2,1H3. The predicted octanol–water partition coefficient (Wildman–Crippen LogP) is 1.68. The smallest absolute Gasteiger partial charge is 0.164 e. The van der Waals surface area contributed by atoms with E-state index in [0.29, 0.717) is 6.04 Å². The maximum atomic E-state index is 6.09. The van der Waals surface area contributed by atoms with Crippen LogP contribution in [0.15, 0.2) is 6.33 Å². The Hall–Kier alpha value is -0.980. The van der Waals surface area contributed by atoms with Crippen molar-refractivity contribution in [2.75, 3.05) is 26.4 Å². The van der Waals surface area contributed by atoms with E-state index in [2.05, 4.69) is 22.3 Å². The first-order valence-electron chi connectivity index (χ1n) is 8.14. The molecule has 21 heavy (non-hydrogen) atoms. The van der Waals surface area contributed by atoms with Gasteiger partial charge in [-0.2, -0.15) is 5.10 Å². The van der Waals surface area contributed by atoms with Crippen molar-refractivity contribution in [1.82, 2.24) is 20.1 Å². The van der Waals surface area contributed by atoms with Crippen LogP contribution >= 0.6 is 0 Å². The molecule has 3 rings (SSSR count). The fourth-order valence-corrected chi connectivity index (χ4v) is 3.26. The Bertz CT molecular complexity index is 437. The summed E-state index contributed by atoms with van der Waals surface area (Å²) in [5, 5.41) is 7.98. The van der Waals surface area contributed by atoms with Gasteiger partial charge in [0.2, 0.25) is 0 Å². The van der Waals surface area contributed by atoms with Gasteiger partial charge < -0.3 is 14.8 Å². The second-order valence-corrected chi connectivity index (χ2v) is 6.11. The van der Waals surface area contributed by atoms with Crippen molar-refractivity contribution in [3.8, 4) is 0 Å². The molecule has 0 radical (unpaired) electrons. The molecule has 1 aromatic rings. The third-order valence-corrected chi connectivity index (χ3v) is 4.51. The molecule has 0 aliphatic carbocycles. The number of hydrogen-bond acceptors (Lipinski definition) is 5. The van der Waals surface area contributed by atoms with E-state index in [1.807, 2.05) is 11.0 Å². The summed E-state index contributed by atoms with van der Waals surface area (Å²) in [4.78, 5) is 4.42. The first-order valence-corrected chi connectivity index (χ1v) is 8.14. The summed E-state index contributed by atoms with van der Waals surface area (Å²) in [5.41, 5.74) is 0.00768. The first-order chi connectivity index (χ1) is 10.3. The quantitative estimate of drug-likeness (QED) is 0.837. The van der Waals surface area contributed by atoms with Gasteiger partial charge in [-0.05, 0) is 38.6 Å². The van der Waals surface area contributed by atoms with Gasteiger partial charge in [-0.3, -0.25) is 0 Å². The lowest BCUT2D eigenvalue weighted by Crippen LogP contribution is -2.44. The summed E-state index contributed by atoms with van der Waals surface area (Å²) in [6.45, 7) is 6.37. The molecular weight excluding hydrogens is 268 g/mol. The van der Waals surface area contributed by atoms with Gasteiger partial charge >= 0.3 is 0 Å². The molecule has 2 fully saturated rings. The van der Waals surface area contributed by atoms with Gasteiger partial charge in [0.25, 0.3) is 0 Å². The molecule has 1 N–H and O–H groups in total. The molecule has 6 heteroatoms. The van der Waals surface area contributed by atoms with Crippen LogP contribution in [0.4, 0.5) is 0 Å². The molecule has 3 heterocycles. The Morgan fingerprint density at radius 1 is 1.38 bits per heavy atom. The highest BCUT2D eigenvalue weighted by molar-refractivity contribution is 4.92. The van der Waals surface area contributed by atoms with Gasteiger partial charge in [-0.25, -0.2) is 9.67 Å². The van der Waals surface area contributed by atoms with Crippen LogP contribution in [0.25, 0.3) is 0 Å². The molecule has 1 aromatic heterocycles. The number of nitrogens with one attached hydrogen (secondary N) is 1. The lowest BCUT2D eigenvalue weighted by molar-refractivity contribution is -0.145. The van der Waals surface area contributed by atoms with Crippen LogP contribution in [-0.2, 0) is 16.0 Å². The van der Waals surface area contributed by atoms with E-state index in [1.165, 1.54) is 0 Å². The minimum absolute atomic E-state index is 0.00768. The molecule has 0 saturated carbocycles. The van der Waals surface area contributed by atoms with Crippen molar-refractivity contribution in [1.29, 1.82) is 0 Å². The Labute approximate surface area is 126 Å². The largest absolute Gasteiger partial charge is 0.381 e. The van der Waals surface area contributed by atoms with Crippen molar-refractivity contribution in [3.63, 3.8) is 0 Å². The Balaban J connectivity index is 1.60. The van der Waals surface area contributed by atoms with E-state index in [4.69, 9.17) is 9.47 Å². The molecule has 2 aliphatic heterocycles. The molecule has 0 amide bonds. The van der Waals surface area contributed by atoms with Crippen LogP contribution in [-0.4, -0.2) is 46.7 Å². The SMILES string of the molecule is CCCNCc1ncn(C2CCOC3(CCOCC3)C2)n1. The van der Waals surface area contributed by atoms with E-state index >= 15 is 0 Å². The van der Waals surface area contributed by atoms with Crippen LogP contribution in [0.5, 0.6) is 0 Å². The zero-order chi connectivity index (χ0) is 14.5. The summed E-state index contributed by atoms with van der Waals surface area (Å²) in [7, 11) is 0. The minimum atomic E-state index is 0.00768. The fourth-order valence-electron chi connectivity index (χ4n) is 3.26. The van der Waals surface area contributed by atoms with Gasteiger partial charge in [0.05, 0.1) is 18.2 Å². The Morgan fingerprint density at radius 2 is 2.24 bits per heavy atom. The first kappa shape index (κ1) is 14.9. The van der Waals surface area contributed by atoms with Crippen molar-refractivity contribution in [2.45, 2.75) is 57.2 Å². The summed E-state index contributed by atoms with van der Waals surface area (Å²) in [6, 6.07) is 0.407. The van der Waals surface area contributed by atoms with E-state index in [0.717, 1.165) is 70.8 Å². The maximum Gasteiger partial charge on any atom is 0.164 e. The van der Waals surface area contributed by atoms with E-state index < -0.39 is 0 Å². The third kappa shape index (κ3) is 3.62. The lowest BCUT2D eigenvalue weighted by Gasteiger charge is -2.43. The van der Waals surface area contributed by atoms with Crippen molar-refractivity contribution in [2.24, 2.45) is 0 Å². The highest BCUT2D eigenvalue weighted by atomic mass is 16.5. The van der Waals surface area contributed by atoms with Crippen molar-refractivity contribution < 1.29 is 9.47 Å². The lowest BCUT2D eigenvalue weighted by atomic mass is 9.84. The fraction of sp³-hybridized carbons (Fsp3) is 0.867. The maximum absolute atomic E-state index is 6.09. The Morgan fingerprint density at radius 3 is 3.05 bits per heavy atom. The second kappa shape index (κ2) is 6.85. The molecule has 1 unspecified atom stereocenters. The van der Waals surface area contributed by atoms with Crippen LogP contribution in [0, 0.1) is 0 Å². The molecule has 0 bridgehead atoms. The van der Waals surface area contributed by atoms with E-state index in [-0.39, 0.29) is 5.60 Å². The zero-order valence-corrected chi connectivity index (χ0v) is 12.9. The second-order valence-electron chi connectivity index (χ2n) is 6.11. The van der Waals surface area contributed by atoms with Crippen LogP contribution < -0.4 is 5.32 Å². The number of aromatic nitrogens is 3. The van der Waals surface area contributed by atoms with E-state index in [9.17, 15) is 0 Å². The molecule has 2 saturated heterocycles. The zero-order valence-electron chi connectivity index (χ0n) is 12.9. The monoisotopic (exact) mass is 294 g/mol. The minimum Gasteiger partial charge on any atom is -0.381 e. The van der Waals surface area contributed by atoms with Gasteiger partial charge in [-0.15, -0.1) is 0 Å². The summed E-state index contributed by atoms with van der Waals surface area (Å²) in [6.07, 6.45) is 7.07. The average Bonchev–Trinajstić information content (AvgIpc) is 2.97. The molecule has 1 spiro atoms. The number of ether oxygens (including phenoxy) is 2. The van der Waals surface area contributed by atoms with Crippen molar-refractivity contribution >= 4 is 0 Å². The van der Waals surface area contributed by atoms with Gasteiger partial charge in [-0.1, -0.05) is 6.92 Å². The topological polar surface area (TPSA) is 61.2 Å². The number of nitrogens with zero attached hydrogens (tertiary/aromatic N) is 3. The van der Waals surface area contributed by atoms with Gasteiger partial charge in [0.1, 0.15) is 6.33 Å². The molecule has 1 atom stereocenters. The average molecular weight is 294 g/mol. The highest BCUT2D eigenvalue weighted by Gasteiger charge is 2.39. The van der Waals surface area contributed by atoms with Gasteiger partial charge in [0.15, 0.2) is 5.82 Å². The molecule has 0 aromatic carbocycles. The predicted molar refractivity (Wildman–Crippen MR) is 79.0 cm³/mol. The third-order valence-electron chi connectivity index (χ3n) is 4.51.